The SMILES string of the molecule is Cc1nc2ccccc2n1-c1nc(N2CCOCC2)c2nc(CN3CCC(C(C)(C)O)CC3)n(C(C)C)c2n1. The molecule has 6 rings (SSSR count). The summed E-state index contributed by atoms with van der Waals surface area (Å²) in [4.78, 5) is 25.0. The van der Waals surface area contributed by atoms with Crippen LogP contribution >= 0.6 is 0 Å². The highest BCUT2D eigenvalue weighted by Crippen LogP contribution is 2.32. The zero-order valence-corrected chi connectivity index (χ0v) is 23.8. The monoisotopic (exact) mass is 532 g/mol. The largest absolute Gasteiger partial charge is 0.390 e. The summed E-state index contributed by atoms with van der Waals surface area (Å²) >= 11 is 0. The number of aliphatic hydroxyl groups is 1. The number of nitrogens with zero attached hydrogens (tertiary/aromatic N) is 8. The van der Waals surface area contributed by atoms with E-state index in [1.54, 1.807) is 0 Å². The number of likely N-dealkylation sites (tertiary alicyclic amines) is 1. The van der Waals surface area contributed by atoms with E-state index in [1.165, 1.54) is 0 Å². The molecule has 0 unspecified atom stereocenters. The highest BCUT2D eigenvalue weighted by molar-refractivity contribution is 5.86. The van der Waals surface area contributed by atoms with E-state index in [0.717, 1.165) is 85.2 Å². The summed E-state index contributed by atoms with van der Waals surface area (Å²) in [6.45, 7) is 15.8. The maximum absolute atomic E-state index is 10.5. The number of ether oxygens (including phenoxy) is 1. The van der Waals surface area contributed by atoms with E-state index in [9.17, 15) is 5.11 Å². The van der Waals surface area contributed by atoms with Crippen LogP contribution in [0.15, 0.2) is 24.3 Å². The van der Waals surface area contributed by atoms with Gasteiger partial charge < -0.3 is 19.3 Å². The number of rotatable bonds is 6. The molecular weight excluding hydrogens is 492 g/mol. The molecule has 208 valence electrons. The quantitative estimate of drug-likeness (QED) is 0.400. The third-order valence-electron chi connectivity index (χ3n) is 8.29. The lowest BCUT2D eigenvalue weighted by Gasteiger charge is -2.37. The molecule has 10 nitrogen and oxygen atoms in total. The van der Waals surface area contributed by atoms with E-state index in [0.29, 0.717) is 25.1 Å². The minimum absolute atomic E-state index is 0.180. The van der Waals surface area contributed by atoms with Gasteiger partial charge in [-0.05, 0) is 78.6 Å². The predicted octanol–water partition coefficient (Wildman–Crippen LogP) is 3.87. The number of piperidine rings is 1. The van der Waals surface area contributed by atoms with Crippen LogP contribution in [0.1, 0.15) is 58.2 Å². The summed E-state index contributed by atoms with van der Waals surface area (Å²) in [7, 11) is 0. The number of aromatic nitrogens is 6. The summed E-state index contributed by atoms with van der Waals surface area (Å²) in [5.41, 5.74) is 2.99. The van der Waals surface area contributed by atoms with Gasteiger partial charge >= 0.3 is 0 Å². The number of fused-ring (bicyclic) bond motifs is 2. The van der Waals surface area contributed by atoms with Gasteiger partial charge in [0.05, 0.1) is 36.4 Å². The Morgan fingerprint density at radius 2 is 1.72 bits per heavy atom. The van der Waals surface area contributed by atoms with Crippen molar-refractivity contribution in [2.75, 3.05) is 44.3 Å². The summed E-state index contributed by atoms with van der Waals surface area (Å²) in [5, 5.41) is 10.5. The fraction of sp³-hybridized carbons (Fsp3) is 0.586. The minimum Gasteiger partial charge on any atom is -0.390 e. The molecule has 2 aliphatic heterocycles. The molecule has 39 heavy (non-hydrogen) atoms. The van der Waals surface area contributed by atoms with E-state index in [2.05, 4.69) is 38.8 Å². The molecule has 2 aliphatic rings. The van der Waals surface area contributed by atoms with Gasteiger partial charge in [0.1, 0.15) is 11.6 Å². The lowest BCUT2D eigenvalue weighted by molar-refractivity contribution is -0.0140. The molecule has 0 bridgehead atoms. The van der Waals surface area contributed by atoms with Gasteiger partial charge in [0.25, 0.3) is 0 Å². The van der Waals surface area contributed by atoms with Crippen molar-refractivity contribution in [2.24, 2.45) is 5.92 Å². The Balaban J connectivity index is 1.46. The van der Waals surface area contributed by atoms with Crippen LogP contribution in [0.3, 0.4) is 0 Å². The Morgan fingerprint density at radius 3 is 2.41 bits per heavy atom. The summed E-state index contributed by atoms with van der Waals surface area (Å²) in [6.07, 6.45) is 1.97. The smallest absolute Gasteiger partial charge is 0.239 e. The molecule has 10 heteroatoms. The fourth-order valence-electron chi connectivity index (χ4n) is 6.14. The first kappa shape index (κ1) is 26.2. The van der Waals surface area contributed by atoms with Crippen molar-refractivity contribution in [3.8, 4) is 5.95 Å². The van der Waals surface area contributed by atoms with Crippen LogP contribution in [-0.2, 0) is 11.3 Å². The second-order valence-corrected chi connectivity index (χ2v) is 11.8. The van der Waals surface area contributed by atoms with Crippen molar-refractivity contribution in [1.82, 2.24) is 34.0 Å². The average Bonchev–Trinajstić information content (AvgIpc) is 3.44. The van der Waals surface area contributed by atoms with Crippen LogP contribution in [-0.4, -0.2) is 84.1 Å². The van der Waals surface area contributed by atoms with E-state index >= 15 is 0 Å². The molecule has 1 aromatic carbocycles. The van der Waals surface area contributed by atoms with E-state index in [4.69, 9.17) is 24.7 Å². The van der Waals surface area contributed by atoms with Crippen LogP contribution in [0, 0.1) is 12.8 Å². The Hall–Kier alpha value is -3.08. The van der Waals surface area contributed by atoms with Gasteiger partial charge in [-0.3, -0.25) is 9.47 Å². The molecule has 5 heterocycles. The number of hydrogen-bond acceptors (Lipinski definition) is 8. The lowest BCUT2D eigenvalue weighted by Crippen LogP contribution is -2.41. The Labute approximate surface area is 229 Å². The molecule has 0 aliphatic carbocycles. The second kappa shape index (κ2) is 10.1. The average molecular weight is 533 g/mol. The van der Waals surface area contributed by atoms with Gasteiger partial charge in [0.15, 0.2) is 17.0 Å². The molecule has 2 fully saturated rings. The number of imidazole rings is 2. The molecule has 0 saturated carbocycles. The third kappa shape index (κ3) is 4.90. The first-order valence-electron chi connectivity index (χ1n) is 14.2. The summed E-state index contributed by atoms with van der Waals surface area (Å²) in [5.74, 6) is 3.67. The minimum atomic E-state index is -0.633. The predicted molar refractivity (Wildman–Crippen MR) is 152 cm³/mol. The van der Waals surface area contributed by atoms with E-state index in [1.807, 2.05) is 39.0 Å². The molecule has 0 radical (unpaired) electrons. The molecule has 3 aromatic heterocycles. The molecule has 0 spiro atoms. The van der Waals surface area contributed by atoms with Crippen LogP contribution in [0.4, 0.5) is 5.82 Å². The summed E-state index contributed by atoms with van der Waals surface area (Å²) in [6, 6.07) is 8.31. The maximum Gasteiger partial charge on any atom is 0.239 e. The molecule has 0 atom stereocenters. The zero-order valence-electron chi connectivity index (χ0n) is 23.8. The Morgan fingerprint density at radius 1 is 1.00 bits per heavy atom. The Kier molecular flexibility index (Phi) is 6.81. The number of para-hydroxylation sites is 2. The topological polar surface area (TPSA) is 97.4 Å². The van der Waals surface area contributed by atoms with Crippen LogP contribution in [0.2, 0.25) is 0 Å². The number of benzene rings is 1. The number of anilines is 1. The van der Waals surface area contributed by atoms with Gasteiger partial charge in [0, 0.05) is 19.1 Å². The van der Waals surface area contributed by atoms with Gasteiger partial charge in [-0.2, -0.15) is 9.97 Å². The first-order valence-corrected chi connectivity index (χ1v) is 14.2. The van der Waals surface area contributed by atoms with E-state index in [-0.39, 0.29) is 6.04 Å². The van der Waals surface area contributed by atoms with Gasteiger partial charge in [-0.25, -0.2) is 9.97 Å². The second-order valence-electron chi connectivity index (χ2n) is 11.8. The van der Waals surface area contributed by atoms with Crippen LogP contribution in [0.25, 0.3) is 28.1 Å². The fourth-order valence-corrected chi connectivity index (χ4v) is 6.14. The Bertz CT molecular complexity index is 1470. The van der Waals surface area contributed by atoms with Crippen molar-refractivity contribution in [3.05, 3.63) is 35.9 Å². The third-order valence-corrected chi connectivity index (χ3v) is 8.29. The zero-order chi connectivity index (χ0) is 27.3. The van der Waals surface area contributed by atoms with Crippen molar-refractivity contribution >= 4 is 28.0 Å². The molecule has 1 N–H and O–H groups in total. The molecule has 4 aromatic rings. The number of hydrogen-bond donors (Lipinski definition) is 1. The number of aryl methyl sites for hydroxylation is 1. The number of morpholine rings is 1. The van der Waals surface area contributed by atoms with Crippen molar-refractivity contribution < 1.29 is 9.84 Å². The van der Waals surface area contributed by atoms with Crippen molar-refractivity contribution in [1.29, 1.82) is 0 Å². The van der Waals surface area contributed by atoms with Crippen molar-refractivity contribution in [3.63, 3.8) is 0 Å². The summed E-state index contributed by atoms with van der Waals surface area (Å²) < 4.78 is 9.99. The van der Waals surface area contributed by atoms with Gasteiger partial charge in [0.2, 0.25) is 5.95 Å². The molecular formula is C29H40N8O2. The highest BCUT2D eigenvalue weighted by atomic mass is 16.5. The highest BCUT2D eigenvalue weighted by Gasteiger charge is 2.32. The maximum atomic E-state index is 10.5. The van der Waals surface area contributed by atoms with Crippen LogP contribution < -0.4 is 4.90 Å². The standard InChI is InChI=1S/C29H40N8O2/c1-19(2)36-24(18-34-12-10-21(11-13-34)29(4,5)38)31-25-26(35-14-16-39-17-15-35)32-28(33-27(25)36)37-20(3)30-22-8-6-7-9-23(22)37/h6-9,19,21,38H,10-18H2,1-5H3. The molecule has 2 saturated heterocycles. The van der Waals surface area contributed by atoms with E-state index < -0.39 is 5.60 Å². The van der Waals surface area contributed by atoms with Gasteiger partial charge in [-0.1, -0.05) is 12.1 Å². The first-order chi connectivity index (χ1) is 18.7. The van der Waals surface area contributed by atoms with Gasteiger partial charge in [-0.15, -0.1) is 0 Å². The van der Waals surface area contributed by atoms with Crippen molar-refractivity contribution in [2.45, 2.75) is 65.6 Å². The lowest BCUT2D eigenvalue weighted by atomic mass is 9.83. The van der Waals surface area contributed by atoms with Crippen LogP contribution in [0.5, 0.6) is 0 Å². The molecule has 0 amide bonds. The normalized spacial score (nSPS) is 18.2.